The van der Waals surface area contributed by atoms with Gasteiger partial charge < -0.3 is 4.90 Å². The highest BCUT2D eigenvalue weighted by Crippen LogP contribution is 2.23. The minimum Gasteiger partial charge on any atom is -0.382 e. The van der Waals surface area contributed by atoms with E-state index in [-0.39, 0.29) is 11.4 Å². The largest absolute Gasteiger partial charge is 0.382 e. The number of thiazole rings is 1. The molecule has 0 radical (unpaired) electrons. The number of allylic oxidation sites excluding steroid dienone is 1. The van der Waals surface area contributed by atoms with Crippen molar-refractivity contribution in [2.24, 2.45) is 0 Å². The number of benzene rings is 1. The summed E-state index contributed by atoms with van der Waals surface area (Å²) in [5.74, 6) is -0.326. The van der Waals surface area contributed by atoms with Crippen LogP contribution in [-0.2, 0) is 0 Å². The smallest absolute Gasteiger partial charge is 0.233 e. The van der Waals surface area contributed by atoms with Gasteiger partial charge in [0.05, 0.1) is 10.2 Å². The number of ketones is 1. The van der Waals surface area contributed by atoms with Gasteiger partial charge in [0, 0.05) is 20.3 Å². The standard InChI is InChI=1S/C13H11N3OS/c1-16(2)8-9(7-14)12(17)13-15-10-5-3-4-6-11(10)18-13/h3-6,8H,1-2H3. The number of hydrogen-bond acceptors (Lipinski definition) is 5. The maximum Gasteiger partial charge on any atom is 0.233 e. The van der Waals surface area contributed by atoms with Crippen molar-refractivity contribution in [3.63, 3.8) is 0 Å². The number of rotatable bonds is 3. The minimum atomic E-state index is -0.326. The predicted octanol–water partition coefficient (Wildman–Crippen LogP) is 2.45. The van der Waals surface area contributed by atoms with Gasteiger partial charge >= 0.3 is 0 Å². The first-order valence-corrected chi connectivity index (χ1v) is 6.12. The van der Waals surface area contributed by atoms with Gasteiger partial charge in [-0.1, -0.05) is 12.1 Å². The summed E-state index contributed by atoms with van der Waals surface area (Å²) in [6, 6.07) is 9.44. The molecule has 18 heavy (non-hydrogen) atoms. The third kappa shape index (κ3) is 2.39. The lowest BCUT2D eigenvalue weighted by Gasteiger charge is -2.04. The molecule has 0 fully saturated rings. The zero-order valence-corrected chi connectivity index (χ0v) is 10.9. The fraction of sp³-hybridized carbons (Fsp3) is 0.154. The highest BCUT2D eigenvalue weighted by Gasteiger charge is 2.17. The van der Waals surface area contributed by atoms with Crippen LogP contribution in [-0.4, -0.2) is 29.8 Å². The third-order valence-electron chi connectivity index (χ3n) is 2.24. The van der Waals surface area contributed by atoms with E-state index in [0.717, 1.165) is 10.2 Å². The van der Waals surface area contributed by atoms with Gasteiger partial charge in [-0.3, -0.25) is 4.79 Å². The maximum atomic E-state index is 12.1. The summed E-state index contributed by atoms with van der Waals surface area (Å²) >= 11 is 1.31. The van der Waals surface area contributed by atoms with Gasteiger partial charge in [-0.2, -0.15) is 5.26 Å². The van der Waals surface area contributed by atoms with Gasteiger partial charge in [0.1, 0.15) is 11.6 Å². The van der Waals surface area contributed by atoms with Gasteiger partial charge in [0.2, 0.25) is 5.78 Å². The Morgan fingerprint density at radius 2 is 2.17 bits per heavy atom. The van der Waals surface area contributed by atoms with Gasteiger partial charge in [-0.25, -0.2) is 4.98 Å². The Bertz CT molecular complexity index is 631. The maximum absolute atomic E-state index is 12.1. The van der Waals surface area contributed by atoms with E-state index < -0.39 is 0 Å². The second-order valence-electron chi connectivity index (χ2n) is 3.93. The fourth-order valence-electron chi connectivity index (χ4n) is 1.48. The zero-order chi connectivity index (χ0) is 13.1. The van der Waals surface area contributed by atoms with Crippen molar-refractivity contribution in [3.8, 4) is 6.07 Å². The molecule has 0 aliphatic rings. The predicted molar refractivity (Wildman–Crippen MR) is 71.3 cm³/mol. The fourth-order valence-corrected chi connectivity index (χ4v) is 2.40. The molecule has 90 valence electrons. The van der Waals surface area contributed by atoms with Crippen LogP contribution in [0.15, 0.2) is 36.0 Å². The molecule has 2 rings (SSSR count). The Kier molecular flexibility index (Phi) is 3.40. The van der Waals surface area contributed by atoms with Crippen LogP contribution in [0.1, 0.15) is 9.80 Å². The number of para-hydroxylation sites is 1. The Morgan fingerprint density at radius 1 is 1.44 bits per heavy atom. The lowest BCUT2D eigenvalue weighted by Crippen LogP contribution is -2.08. The molecule has 4 nitrogen and oxygen atoms in total. The van der Waals surface area contributed by atoms with E-state index in [1.165, 1.54) is 17.5 Å². The van der Waals surface area contributed by atoms with E-state index in [1.807, 2.05) is 30.3 Å². The molecule has 0 atom stereocenters. The minimum absolute atomic E-state index is 0.0963. The van der Waals surface area contributed by atoms with Crippen LogP contribution in [0.3, 0.4) is 0 Å². The van der Waals surface area contributed by atoms with E-state index in [9.17, 15) is 4.79 Å². The summed E-state index contributed by atoms with van der Waals surface area (Å²) < 4.78 is 0.947. The molecule has 2 aromatic rings. The summed E-state index contributed by atoms with van der Waals surface area (Å²) in [6.45, 7) is 0. The summed E-state index contributed by atoms with van der Waals surface area (Å²) in [6.07, 6.45) is 1.51. The second-order valence-corrected chi connectivity index (χ2v) is 4.96. The molecule has 1 aromatic carbocycles. The van der Waals surface area contributed by atoms with E-state index in [1.54, 1.807) is 19.0 Å². The quantitative estimate of drug-likeness (QED) is 0.481. The number of carbonyl (C=O) groups is 1. The number of nitriles is 1. The van der Waals surface area contributed by atoms with E-state index in [2.05, 4.69) is 4.98 Å². The molecule has 1 aromatic heterocycles. The number of Topliss-reactive ketones (excluding diaryl/α,β-unsaturated/α-hetero) is 1. The molecular weight excluding hydrogens is 246 g/mol. The molecule has 0 saturated carbocycles. The molecule has 0 spiro atoms. The van der Waals surface area contributed by atoms with E-state index >= 15 is 0 Å². The number of nitrogens with zero attached hydrogens (tertiary/aromatic N) is 3. The van der Waals surface area contributed by atoms with Crippen LogP contribution in [0.4, 0.5) is 0 Å². The highest BCUT2D eigenvalue weighted by molar-refractivity contribution is 7.20. The molecule has 0 N–H and O–H groups in total. The lowest BCUT2D eigenvalue weighted by molar-refractivity contribution is 0.103. The van der Waals surface area contributed by atoms with Crippen LogP contribution in [0.5, 0.6) is 0 Å². The van der Waals surface area contributed by atoms with Gasteiger partial charge in [-0.05, 0) is 12.1 Å². The lowest BCUT2D eigenvalue weighted by atomic mass is 10.2. The Morgan fingerprint density at radius 3 is 2.78 bits per heavy atom. The Hall–Kier alpha value is -2.19. The van der Waals surface area contributed by atoms with Crippen molar-refractivity contribution in [1.82, 2.24) is 9.88 Å². The number of fused-ring (bicyclic) bond motifs is 1. The molecule has 0 aliphatic carbocycles. The summed E-state index contributed by atoms with van der Waals surface area (Å²) in [5.41, 5.74) is 0.882. The summed E-state index contributed by atoms with van der Waals surface area (Å²) in [4.78, 5) is 18.0. The van der Waals surface area contributed by atoms with Crippen molar-refractivity contribution in [1.29, 1.82) is 5.26 Å². The van der Waals surface area contributed by atoms with Gasteiger partial charge in [0.15, 0.2) is 5.01 Å². The van der Waals surface area contributed by atoms with E-state index in [0.29, 0.717) is 5.01 Å². The van der Waals surface area contributed by atoms with E-state index in [4.69, 9.17) is 5.26 Å². The van der Waals surface area contributed by atoms with Crippen molar-refractivity contribution in [2.45, 2.75) is 0 Å². The van der Waals surface area contributed by atoms with Crippen LogP contribution in [0, 0.1) is 11.3 Å². The first-order chi connectivity index (χ1) is 8.61. The SMILES string of the molecule is CN(C)C=C(C#N)C(=O)c1nc2ccccc2s1. The van der Waals surface area contributed by atoms with Crippen molar-refractivity contribution in [3.05, 3.63) is 41.0 Å². The van der Waals surface area contributed by atoms with Gasteiger partial charge in [-0.15, -0.1) is 11.3 Å². The normalized spacial score (nSPS) is 11.3. The first kappa shape index (κ1) is 12.3. The van der Waals surface area contributed by atoms with Gasteiger partial charge in [0.25, 0.3) is 0 Å². The highest BCUT2D eigenvalue weighted by atomic mass is 32.1. The molecule has 5 heteroatoms. The van der Waals surface area contributed by atoms with Crippen LogP contribution in [0.2, 0.25) is 0 Å². The molecule has 0 aliphatic heterocycles. The molecule has 0 bridgehead atoms. The molecule has 1 heterocycles. The Balaban J connectivity index is 2.42. The summed E-state index contributed by atoms with van der Waals surface area (Å²) in [7, 11) is 3.53. The number of hydrogen-bond donors (Lipinski definition) is 0. The summed E-state index contributed by atoms with van der Waals surface area (Å²) in [5, 5.41) is 9.35. The van der Waals surface area contributed by atoms with Crippen LogP contribution >= 0.6 is 11.3 Å². The topological polar surface area (TPSA) is 57.0 Å². The van der Waals surface area contributed by atoms with Crippen molar-refractivity contribution in [2.75, 3.05) is 14.1 Å². The second kappa shape index (κ2) is 4.98. The van der Waals surface area contributed by atoms with Crippen LogP contribution < -0.4 is 0 Å². The molecule has 0 amide bonds. The first-order valence-electron chi connectivity index (χ1n) is 5.30. The molecule has 0 saturated heterocycles. The average molecular weight is 257 g/mol. The molecule has 0 unspecified atom stereocenters. The van der Waals surface area contributed by atoms with Crippen molar-refractivity contribution < 1.29 is 4.79 Å². The molecular formula is C13H11N3OS. The average Bonchev–Trinajstić information content (AvgIpc) is 2.78. The third-order valence-corrected chi connectivity index (χ3v) is 3.28. The number of aromatic nitrogens is 1. The number of carbonyl (C=O) groups excluding carboxylic acids is 1. The Labute approximate surface area is 109 Å². The van der Waals surface area contributed by atoms with Crippen molar-refractivity contribution >= 4 is 27.3 Å². The monoisotopic (exact) mass is 257 g/mol. The zero-order valence-electron chi connectivity index (χ0n) is 10.0. The van der Waals surface area contributed by atoms with Crippen LogP contribution in [0.25, 0.3) is 10.2 Å².